The zero-order valence-electron chi connectivity index (χ0n) is 8.53. The molecule has 1 fully saturated rings. The summed E-state index contributed by atoms with van der Waals surface area (Å²) >= 11 is 0. The molecule has 0 amide bonds. The average molecular weight is 181 g/mol. The van der Waals surface area contributed by atoms with Gasteiger partial charge >= 0.3 is 0 Å². The largest absolute Gasteiger partial charge is 0.330 e. The van der Waals surface area contributed by atoms with Crippen molar-refractivity contribution in [1.82, 2.24) is 4.90 Å². The molecule has 0 saturated carbocycles. The van der Waals surface area contributed by atoms with Crippen molar-refractivity contribution in [2.75, 3.05) is 19.6 Å². The van der Waals surface area contributed by atoms with Crippen LogP contribution in [0.25, 0.3) is 0 Å². The van der Waals surface area contributed by atoms with Crippen LogP contribution in [0.3, 0.4) is 0 Å². The summed E-state index contributed by atoms with van der Waals surface area (Å²) in [6, 6.07) is 2.87. The lowest BCUT2D eigenvalue weighted by Gasteiger charge is -2.21. The second kappa shape index (κ2) is 4.59. The molecule has 0 bridgehead atoms. The van der Waals surface area contributed by atoms with E-state index >= 15 is 0 Å². The fourth-order valence-electron chi connectivity index (χ4n) is 2.04. The summed E-state index contributed by atoms with van der Waals surface area (Å²) in [7, 11) is 0. The van der Waals surface area contributed by atoms with Crippen molar-refractivity contribution in [2.45, 2.75) is 26.3 Å². The molecule has 2 N–H and O–H groups in total. The Morgan fingerprint density at radius 2 is 2.38 bits per heavy atom. The first-order chi connectivity index (χ1) is 6.17. The van der Waals surface area contributed by atoms with E-state index in [1.54, 1.807) is 0 Å². The molecule has 1 saturated heterocycles. The Balaban J connectivity index is 2.40. The predicted molar refractivity (Wildman–Crippen MR) is 53.0 cm³/mol. The van der Waals surface area contributed by atoms with E-state index in [1.807, 2.05) is 6.92 Å². The van der Waals surface area contributed by atoms with E-state index in [4.69, 9.17) is 11.0 Å². The maximum Gasteiger partial charge on any atom is 0.0666 e. The van der Waals surface area contributed by atoms with E-state index in [9.17, 15) is 0 Å². The van der Waals surface area contributed by atoms with Crippen molar-refractivity contribution < 1.29 is 0 Å². The van der Waals surface area contributed by atoms with Crippen LogP contribution < -0.4 is 5.73 Å². The highest BCUT2D eigenvalue weighted by atomic mass is 15.2. The van der Waals surface area contributed by atoms with Gasteiger partial charge in [-0.2, -0.15) is 5.26 Å². The van der Waals surface area contributed by atoms with Crippen LogP contribution >= 0.6 is 0 Å². The van der Waals surface area contributed by atoms with Crippen molar-refractivity contribution >= 4 is 0 Å². The van der Waals surface area contributed by atoms with E-state index in [2.05, 4.69) is 17.9 Å². The Bertz CT molecular complexity index is 197. The minimum atomic E-state index is 0.138. The van der Waals surface area contributed by atoms with Crippen LogP contribution in [0.2, 0.25) is 0 Å². The van der Waals surface area contributed by atoms with Gasteiger partial charge < -0.3 is 5.73 Å². The second-order valence-electron chi connectivity index (χ2n) is 4.17. The van der Waals surface area contributed by atoms with Gasteiger partial charge in [0.2, 0.25) is 0 Å². The van der Waals surface area contributed by atoms with Gasteiger partial charge in [0.25, 0.3) is 0 Å². The molecule has 3 atom stereocenters. The number of rotatable bonds is 3. The first-order valence-corrected chi connectivity index (χ1v) is 5.01. The highest BCUT2D eigenvalue weighted by Crippen LogP contribution is 2.22. The van der Waals surface area contributed by atoms with Gasteiger partial charge in [-0.1, -0.05) is 0 Å². The maximum absolute atomic E-state index is 8.70. The lowest BCUT2D eigenvalue weighted by molar-refractivity contribution is 0.246. The predicted octanol–water partition coefficient (Wildman–Crippen LogP) is 0.815. The first kappa shape index (κ1) is 10.5. The minimum absolute atomic E-state index is 0.138. The van der Waals surface area contributed by atoms with E-state index in [-0.39, 0.29) is 5.92 Å². The van der Waals surface area contributed by atoms with Gasteiger partial charge in [0.05, 0.1) is 12.0 Å². The molecule has 3 unspecified atom stereocenters. The summed E-state index contributed by atoms with van der Waals surface area (Å²) < 4.78 is 0. The van der Waals surface area contributed by atoms with Crippen molar-refractivity contribution in [2.24, 2.45) is 17.6 Å². The summed E-state index contributed by atoms with van der Waals surface area (Å²) in [5.41, 5.74) is 5.63. The number of likely N-dealkylation sites (tertiary alicyclic amines) is 1. The third-order valence-electron chi connectivity index (χ3n) is 2.85. The van der Waals surface area contributed by atoms with Crippen molar-refractivity contribution in [3.63, 3.8) is 0 Å². The van der Waals surface area contributed by atoms with Crippen LogP contribution in [0.4, 0.5) is 0 Å². The molecule has 1 heterocycles. The molecular formula is C10H19N3. The molecule has 1 aliphatic heterocycles. The van der Waals surface area contributed by atoms with Crippen LogP contribution in [0.15, 0.2) is 0 Å². The van der Waals surface area contributed by atoms with Gasteiger partial charge in [-0.25, -0.2) is 0 Å². The number of hydrogen-bond donors (Lipinski definition) is 1. The molecule has 74 valence electrons. The quantitative estimate of drug-likeness (QED) is 0.701. The van der Waals surface area contributed by atoms with E-state index < -0.39 is 0 Å². The highest BCUT2D eigenvalue weighted by molar-refractivity contribution is 4.88. The molecule has 0 aromatic carbocycles. The minimum Gasteiger partial charge on any atom is -0.330 e. The zero-order chi connectivity index (χ0) is 9.84. The Morgan fingerprint density at radius 1 is 1.69 bits per heavy atom. The van der Waals surface area contributed by atoms with Crippen molar-refractivity contribution in [3.05, 3.63) is 0 Å². The molecule has 13 heavy (non-hydrogen) atoms. The fraction of sp³-hybridized carbons (Fsp3) is 0.900. The maximum atomic E-state index is 8.70. The van der Waals surface area contributed by atoms with Gasteiger partial charge in [0, 0.05) is 19.1 Å². The zero-order valence-corrected chi connectivity index (χ0v) is 8.53. The molecule has 1 aliphatic rings. The Morgan fingerprint density at radius 3 is 2.85 bits per heavy atom. The van der Waals surface area contributed by atoms with Crippen LogP contribution in [0.5, 0.6) is 0 Å². The van der Waals surface area contributed by atoms with Crippen molar-refractivity contribution in [3.8, 4) is 6.07 Å². The van der Waals surface area contributed by atoms with Crippen molar-refractivity contribution in [1.29, 1.82) is 5.26 Å². The fourth-order valence-corrected chi connectivity index (χ4v) is 2.04. The summed E-state index contributed by atoms with van der Waals surface area (Å²) in [6.07, 6.45) is 1.19. The molecule has 0 aromatic heterocycles. The number of hydrogen-bond acceptors (Lipinski definition) is 3. The Hall–Kier alpha value is -0.590. The Kier molecular flexibility index (Phi) is 3.71. The third-order valence-corrected chi connectivity index (χ3v) is 2.85. The molecule has 1 rings (SSSR count). The summed E-state index contributed by atoms with van der Waals surface area (Å²) in [4.78, 5) is 2.38. The molecule has 0 spiro atoms. The standard InChI is InChI=1S/C10H19N3/c1-8(4-11)6-13-7-10(5-12)3-9(13)2/h8-10H,3,5-7,12H2,1-2H3. The van der Waals surface area contributed by atoms with Crippen LogP contribution in [0, 0.1) is 23.2 Å². The van der Waals surface area contributed by atoms with Gasteiger partial charge in [-0.3, -0.25) is 4.90 Å². The first-order valence-electron chi connectivity index (χ1n) is 5.01. The van der Waals surface area contributed by atoms with Gasteiger partial charge in [0.1, 0.15) is 0 Å². The third kappa shape index (κ3) is 2.68. The summed E-state index contributed by atoms with van der Waals surface area (Å²) in [5.74, 6) is 0.778. The normalized spacial score (nSPS) is 31.5. The summed E-state index contributed by atoms with van der Waals surface area (Å²) in [6.45, 7) is 6.95. The monoisotopic (exact) mass is 181 g/mol. The highest BCUT2D eigenvalue weighted by Gasteiger charge is 2.28. The van der Waals surface area contributed by atoms with Crippen LogP contribution in [0.1, 0.15) is 20.3 Å². The van der Waals surface area contributed by atoms with E-state index in [0.717, 1.165) is 19.6 Å². The second-order valence-corrected chi connectivity index (χ2v) is 4.17. The smallest absolute Gasteiger partial charge is 0.0666 e. The van der Waals surface area contributed by atoms with E-state index in [0.29, 0.717) is 12.0 Å². The lowest BCUT2D eigenvalue weighted by Crippen LogP contribution is -2.31. The Labute approximate surface area is 80.5 Å². The molecule has 3 nitrogen and oxygen atoms in total. The lowest BCUT2D eigenvalue weighted by atomic mass is 10.1. The molecule has 0 aromatic rings. The average Bonchev–Trinajstić information content (AvgIpc) is 2.47. The van der Waals surface area contributed by atoms with Gasteiger partial charge in [-0.05, 0) is 32.7 Å². The number of nitrogens with two attached hydrogens (primary N) is 1. The SMILES string of the molecule is CC(C#N)CN1CC(CN)CC1C. The topological polar surface area (TPSA) is 53.0 Å². The van der Waals surface area contributed by atoms with Crippen LogP contribution in [-0.2, 0) is 0 Å². The molecule has 0 radical (unpaired) electrons. The van der Waals surface area contributed by atoms with E-state index in [1.165, 1.54) is 6.42 Å². The van der Waals surface area contributed by atoms with Gasteiger partial charge in [-0.15, -0.1) is 0 Å². The number of nitriles is 1. The molecular weight excluding hydrogens is 162 g/mol. The molecule has 0 aliphatic carbocycles. The molecule has 3 heteroatoms. The number of nitrogens with zero attached hydrogens (tertiary/aromatic N) is 2. The summed E-state index contributed by atoms with van der Waals surface area (Å²) in [5, 5.41) is 8.70. The van der Waals surface area contributed by atoms with Crippen LogP contribution in [-0.4, -0.2) is 30.6 Å². The van der Waals surface area contributed by atoms with Gasteiger partial charge in [0.15, 0.2) is 0 Å².